The summed E-state index contributed by atoms with van der Waals surface area (Å²) in [7, 11) is 0. The number of amides is 1. The lowest BCUT2D eigenvalue weighted by Crippen LogP contribution is -2.45. The van der Waals surface area contributed by atoms with Gasteiger partial charge in [-0.2, -0.15) is 0 Å². The van der Waals surface area contributed by atoms with Crippen LogP contribution in [-0.2, 0) is 14.3 Å². The molecule has 0 spiro atoms. The van der Waals surface area contributed by atoms with E-state index in [2.05, 4.69) is 55.6 Å². The molecule has 67 heavy (non-hydrogen) atoms. The van der Waals surface area contributed by atoms with Crippen molar-refractivity contribution in [2.45, 2.75) is 315 Å². The maximum atomic E-state index is 12.4. The van der Waals surface area contributed by atoms with Gasteiger partial charge in [0.2, 0.25) is 5.91 Å². The summed E-state index contributed by atoms with van der Waals surface area (Å²) < 4.78 is 5.48. The summed E-state index contributed by atoms with van der Waals surface area (Å²) in [6.07, 6.45) is 71.3. The Hall–Kier alpha value is -2.18. The van der Waals surface area contributed by atoms with Gasteiger partial charge in [-0.05, 0) is 89.9 Å². The third-order valence-electron chi connectivity index (χ3n) is 13.3. The third kappa shape index (κ3) is 53.0. The van der Waals surface area contributed by atoms with Crippen molar-refractivity contribution >= 4 is 11.9 Å². The lowest BCUT2D eigenvalue weighted by atomic mass is 10.0. The van der Waals surface area contributed by atoms with Crippen molar-refractivity contribution in [3.8, 4) is 0 Å². The first-order chi connectivity index (χ1) is 33.0. The molecule has 0 aromatic heterocycles. The van der Waals surface area contributed by atoms with E-state index in [1.165, 1.54) is 212 Å². The van der Waals surface area contributed by atoms with Gasteiger partial charge in [0.1, 0.15) is 0 Å². The van der Waals surface area contributed by atoms with Crippen LogP contribution in [0.4, 0.5) is 0 Å². The predicted octanol–water partition coefficient (Wildman–Crippen LogP) is 18.2. The minimum Gasteiger partial charge on any atom is -0.466 e. The van der Waals surface area contributed by atoms with Gasteiger partial charge in [-0.1, -0.05) is 249 Å². The van der Waals surface area contributed by atoms with Gasteiger partial charge in [-0.25, -0.2) is 0 Å². The highest BCUT2D eigenvalue weighted by atomic mass is 16.5. The Morgan fingerprint density at radius 3 is 1.18 bits per heavy atom. The summed E-state index contributed by atoms with van der Waals surface area (Å²) in [6.45, 7) is 4.86. The SMILES string of the molecule is CCCCC/C=C\C/C=C\CCCCCCCCCCCC(=O)OCCCCCCCC/C=C\CCCCCCCCCC(=O)NC(CO)C(O)/C=C/CCCCCCCCCCCCCC. The number of rotatable bonds is 54. The van der Waals surface area contributed by atoms with Crippen LogP contribution in [0.1, 0.15) is 303 Å². The number of nitrogens with one attached hydrogen (secondary N) is 1. The molecule has 0 aromatic carbocycles. The van der Waals surface area contributed by atoms with Gasteiger partial charge in [-0.15, -0.1) is 0 Å². The maximum Gasteiger partial charge on any atom is 0.305 e. The summed E-state index contributed by atoms with van der Waals surface area (Å²) in [5, 5.41) is 23.1. The van der Waals surface area contributed by atoms with Crippen LogP contribution < -0.4 is 5.32 Å². The molecule has 0 bridgehead atoms. The minimum atomic E-state index is -0.853. The maximum absolute atomic E-state index is 12.4. The first-order valence-electron chi connectivity index (χ1n) is 29.4. The average Bonchev–Trinajstić information content (AvgIpc) is 3.33. The van der Waals surface area contributed by atoms with Gasteiger partial charge in [-0.3, -0.25) is 9.59 Å². The number of aliphatic hydroxyl groups excluding tert-OH is 2. The van der Waals surface area contributed by atoms with E-state index in [1.54, 1.807) is 6.08 Å². The molecule has 0 rings (SSSR count). The van der Waals surface area contributed by atoms with Crippen LogP contribution >= 0.6 is 0 Å². The second-order valence-corrected chi connectivity index (χ2v) is 20.0. The molecule has 6 heteroatoms. The second kappa shape index (κ2) is 56.4. The molecule has 0 saturated carbocycles. The van der Waals surface area contributed by atoms with E-state index in [9.17, 15) is 19.8 Å². The lowest BCUT2D eigenvalue weighted by molar-refractivity contribution is -0.143. The van der Waals surface area contributed by atoms with Gasteiger partial charge >= 0.3 is 5.97 Å². The molecule has 0 radical (unpaired) electrons. The molecule has 0 saturated heterocycles. The monoisotopic (exact) mass is 940 g/mol. The Balaban J connectivity index is 3.47. The van der Waals surface area contributed by atoms with Crippen molar-refractivity contribution in [3.63, 3.8) is 0 Å². The highest BCUT2D eigenvalue weighted by molar-refractivity contribution is 5.76. The number of ether oxygens (including phenoxy) is 1. The summed E-state index contributed by atoms with van der Waals surface area (Å²) in [4.78, 5) is 24.5. The Morgan fingerprint density at radius 1 is 0.418 bits per heavy atom. The standard InChI is InChI=1S/C61H113NO5/c1-3-5-7-9-11-13-15-17-19-20-21-24-27-31-35-39-43-47-51-55-61(66)67-56-52-48-44-40-36-32-28-25-22-23-26-30-34-38-42-46-50-54-60(65)62-58(57-63)59(64)53-49-45-41-37-33-29-18-16-14-12-10-8-6-4-2/h11,13,17,19,22,25,49,53,58-59,63-64H,3-10,12,14-16,18,20-21,23-24,26-48,50-52,54-57H2,1-2H3,(H,62,65)/b13-11-,19-17-,25-22-,53-49+. The fourth-order valence-corrected chi connectivity index (χ4v) is 8.78. The van der Waals surface area contributed by atoms with E-state index in [4.69, 9.17) is 4.74 Å². The largest absolute Gasteiger partial charge is 0.466 e. The van der Waals surface area contributed by atoms with Crippen molar-refractivity contribution in [3.05, 3.63) is 48.6 Å². The normalized spacial score (nSPS) is 13.0. The number of aliphatic hydroxyl groups is 2. The van der Waals surface area contributed by atoms with E-state index in [0.29, 0.717) is 19.4 Å². The molecule has 2 atom stereocenters. The zero-order chi connectivity index (χ0) is 48.6. The summed E-state index contributed by atoms with van der Waals surface area (Å²) >= 11 is 0. The zero-order valence-electron chi connectivity index (χ0n) is 44.6. The van der Waals surface area contributed by atoms with Crippen LogP contribution in [0.2, 0.25) is 0 Å². The van der Waals surface area contributed by atoms with Crippen molar-refractivity contribution in [2.75, 3.05) is 13.2 Å². The zero-order valence-corrected chi connectivity index (χ0v) is 44.6. The van der Waals surface area contributed by atoms with Crippen LogP contribution in [0.5, 0.6) is 0 Å². The number of hydrogen-bond acceptors (Lipinski definition) is 5. The van der Waals surface area contributed by atoms with Gasteiger partial charge in [0.05, 0.1) is 25.4 Å². The van der Waals surface area contributed by atoms with E-state index in [1.807, 2.05) is 6.08 Å². The topological polar surface area (TPSA) is 95.9 Å². The number of carbonyl (C=O) groups is 2. The predicted molar refractivity (Wildman–Crippen MR) is 292 cm³/mol. The third-order valence-corrected chi connectivity index (χ3v) is 13.3. The molecule has 0 heterocycles. The summed E-state index contributed by atoms with van der Waals surface area (Å²) in [6, 6.07) is -0.637. The number of allylic oxidation sites excluding steroid dienone is 7. The molecule has 1 amide bonds. The minimum absolute atomic E-state index is 0.00698. The number of carbonyl (C=O) groups excluding carboxylic acids is 2. The van der Waals surface area contributed by atoms with E-state index in [0.717, 1.165) is 64.2 Å². The van der Waals surface area contributed by atoms with E-state index in [-0.39, 0.29) is 18.5 Å². The fraction of sp³-hybridized carbons (Fsp3) is 0.836. The first-order valence-corrected chi connectivity index (χ1v) is 29.4. The van der Waals surface area contributed by atoms with Crippen LogP contribution in [0, 0.1) is 0 Å². The molecule has 0 aliphatic carbocycles. The Kier molecular flexibility index (Phi) is 54.6. The molecule has 0 aliphatic rings. The fourth-order valence-electron chi connectivity index (χ4n) is 8.78. The second-order valence-electron chi connectivity index (χ2n) is 20.0. The Bertz CT molecular complexity index is 1130. The van der Waals surface area contributed by atoms with Crippen LogP contribution in [-0.4, -0.2) is 47.4 Å². The number of hydrogen-bond donors (Lipinski definition) is 3. The average molecular weight is 941 g/mol. The van der Waals surface area contributed by atoms with Gasteiger partial charge in [0, 0.05) is 12.8 Å². The van der Waals surface area contributed by atoms with E-state index < -0.39 is 12.1 Å². The lowest BCUT2D eigenvalue weighted by Gasteiger charge is -2.20. The molecular weight excluding hydrogens is 827 g/mol. The molecular formula is C61H113NO5. The van der Waals surface area contributed by atoms with Crippen LogP contribution in [0.15, 0.2) is 48.6 Å². The smallest absolute Gasteiger partial charge is 0.305 e. The quantitative estimate of drug-likeness (QED) is 0.0321. The van der Waals surface area contributed by atoms with Gasteiger partial charge in [0.15, 0.2) is 0 Å². The van der Waals surface area contributed by atoms with Crippen molar-refractivity contribution in [1.29, 1.82) is 0 Å². The molecule has 6 nitrogen and oxygen atoms in total. The first kappa shape index (κ1) is 64.8. The Labute approximate surface area is 416 Å². The van der Waals surface area contributed by atoms with Crippen molar-refractivity contribution in [2.24, 2.45) is 0 Å². The number of unbranched alkanes of at least 4 members (excludes halogenated alkanes) is 37. The summed E-state index contributed by atoms with van der Waals surface area (Å²) in [5.41, 5.74) is 0. The van der Waals surface area contributed by atoms with Crippen LogP contribution in [0.25, 0.3) is 0 Å². The Morgan fingerprint density at radius 2 is 0.746 bits per heavy atom. The molecule has 392 valence electrons. The molecule has 0 aliphatic heterocycles. The summed E-state index contributed by atoms with van der Waals surface area (Å²) in [5.74, 6) is -0.0875. The van der Waals surface area contributed by atoms with Gasteiger partial charge in [0.25, 0.3) is 0 Å². The van der Waals surface area contributed by atoms with Crippen molar-refractivity contribution < 1.29 is 24.5 Å². The molecule has 0 aromatic rings. The molecule has 3 N–H and O–H groups in total. The van der Waals surface area contributed by atoms with E-state index >= 15 is 0 Å². The highest BCUT2D eigenvalue weighted by Gasteiger charge is 2.18. The van der Waals surface area contributed by atoms with Crippen LogP contribution in [0.3, 0.4) is 0 Å². The number of esters is 1. The molecule has 0 fully saturated rings. The molecule has 2 unspecified atom stereocenters. The highest BCUT2D eigenvalue weighted by Crippen LogP contribution is 2.16. The van der Waals surface area contributed by atoms with Crippen molar-refractivity contribution in [1.82, 2.24) is 5.32 Å². The van der Waals surface area contributed by atoms with Gasteiger partial charge < -0.3 is 20.3 Å².